The minimum absolute atomic E-state index is 0.244. The maximum Gasteiger partial charge on any atom is 0.232 e. The average Bonchev–Trinajstić information content (AvgIpc) is 3.12. The van der Waals surface area contributed by atoms with Gasteiger partial charge in [0.2, 0.25) is 5.91 Å². The third-order valence-corrected chi connectivity index (χ3v) is 7.05. The fourth-order valence-electron chi connectivity index (χ4n) is 3.68. The maximum absolute atomic E-state index is 11.8. The lowest BCUT2D eigenvalue weighted by Gasteiger charge is -2.32. The van der Waals surface area contributed by atoms with Crippen molar-refractivity contribution in [1.82, 2.24) is 9.97 Å². The van der Waals surface area contributed by atoms with E-state index in [0.717, 1.165) is 46.0 Å². The molecule has 1 aliphatic heterocycles. The van der Waals surface area contributed by atoms with Gasteiger partial charge in [-0.1, -0.05) is 25.6 Å². The molecule has 0 saturated heterocycles. The molecule has 126 valence electrons. The highest BCUT2D eigenvalue weighted by molar-refractivity contribution is 8.01. The second kappa shape index (κ2) is 5.54. The van der Waals surface area contributed by atoms with Gasteiger partial charge < -0.3 is 11.5 Å². The minimum Gasteiger partial charge on any atom is -0.369 e. The summed E-state index contributed by atoms with van der Waals surface area (Å²) in [4.78, 5) is 22.0. The number of aromatic nitrogens is 2. The van der Waals surface area contributed by atoms with Crippen LogP contribution in [0.5, 0.6) is 0 Å². The van der Waals surface area contributed by atoms with Crippen LogP contribution in [-0.2, 0) is 17.6 Å². The van der Waals surface area contributed by atoms with Crippen LogP contribution >= 0.6 is 23.1 Å². The summed E-state index contributed by atoms with van der Waals surface area (Å²) in [6.45, 7) is 4.56. The predicted octanol–water partition coefficient (Wildman–Crippen LogP) is 2.68. The summed E-state index contributed by atoms with van der Waals surface area (Å²) in [5, 5.41) is 0.419. The topological polar surface area (TPSA) is 94.9 Å². The van der Waals surface area contributed by atoms with E-state index in [1.807, 2.05) is 11.7 Å². The molecule has 0 bridgehead atoms. The number of thiazole rings is 1. The zero-order valence-corrected chi connectivity index (χ0v) is 15.3. The summed E-state index contributed by atoms with van der Waals surface area (Å²) in [5.74, 6) is -0.376. The van der Waals surface area contributed by atoms with Crippen molar-refractivity contribution in [3.63, 3.8) is 0 Å². The number of nitrogens with two attached hydrogens (primary N) is 2. The Balaban J connectivity index is 1.95. The van der Waals surface area contributed by atoms with Crippen LogP contribution in [0.15, 0.2) is 16.7 Å². The number of fused-ring (bicyclic) bond motifs is 2. The first-order chi connectivity index (χ1) is 11.4. The van der Waals surface area contributed by atoms with E-state index >= 15 is 0 Å². The Bertz CT molecular complexity index is 816. The third-order valence-electron chi connectivity index (χ3n) is 4.94. The van der Waals surface area contributed by atoms with E-state index < -0.39 is 11.3 Å². The van der Waals surface area contributed by atoms with E-state index in [1.54, 1.807) is 11.3 Å². The molecule has 0 radical (unpaired) electrons. The van der Waals surface area contributed by atoms with Crippen molar-refractivity contribution in [3.05, 3.63) is 28.5 Å². The molecule has 1 aliphatic carbocycles. The number of primary amides is 1. The standard InChI is InChI=1S/C17H20N4OS2/c1-17(2)4-3-8-9(5-17)21-16-12(11(8)10-6-20-7-23-10)13(18)14(24-16)15(19)22/h6-7,13-14H,3-5,18H2,1-2H3,(H2,19,22). The zero-order chi connectivity index (χ0) is 17.1. The number of hydrogen-bond donors (Lipinski definition) is 2. The summed E-state index contributed by atoms with van der Waals surface area (Å²) < 4.78 is 0. The Kier molecular flexibility index (Phi) is 3.71. The molecule has 2 aromatic rings. The lowest BCUT2D eigenvalue weighted by Crippen LogP contribution is -2.33. The third kappa shape index (κ3) is 2.46. The zero-order valence-electron chi connectivity index (χ0n) is 13.7. The van der Waals surface area contributed by atoms with E-state index in [1.165, 1.54) is 17.3 Å². The van der Waals surface area contributed by atoms with Gasteiger partial charge >= 0.3 is 0 Å². The van der Waals surface area contributed by atoms with Gasteiger partial charge in [0.25, 0.3) is 0 Å². The van der Waals surface area contributed by atoms with Crippen molar-refractivity contribution < 1.29 is 4.79 Å². The molecule has 7 heteroatoms. The normalized spacial score (nSPS) is 24.5. The lowest BCUT2D eigenvalue weighted by molar-refractivity contribution is -0.117. The number of carbonyl (C=O) groups excluding carboxylic acids is 1. The molecule has 0 fully saturated rings. The van der Waals surface area contributed by atoms with Gasteiger partial charge in [-0.3, -0.25) is 9.78 Å². The van der Waals surface area contributed by atoms with Crippen LogP contribution in [0.3, 0.4) is 0 Å². The number of hydrogen-bond acceptors (Lipinski definition) is 6. The van der Waals surface area contributed by atoms with Crippen LogP contribution in [0.25, 0.3) is 10.4 Å². The van der Waals surface area contributed by atoms with Gasteiger partial charge in [-0.15, -0.1) is 11.3 Å². The number of pyridine rings is 1. The predicted molar refractivity (Wildman–Crippen MR) is 96.9 cm³/mol. The smallest absolute Gasteiger partial charge is 0.232 e. The molecule has 4 N–H and O–H groups in total. The van der Waals surface area contributed by atoms with Crippen LogP contribution in [0.4, 0.5) is 0 Å². The molecule has 0 saturated carbocycles. The first kappa shape index (κ1) is 16.1. The molecule has 2 atom stereocenters. The van der Waals surface area contributed by atoms with E-state index in [2.05, 4.69) is 18.8 Å². The minimum atomic E-state index is -0.448. The summed E-state index contributed by atoms with van der Waals surface area (Å²) >= 11 is 3.02. The van der Waals surface area contributed by atoms with Crippen LogP contribution in [-0.4, -0.2) is 21.1 Å². The Hall–Kier alpha value is -1.44. The van der Waals surface area contributed by atoms with E-state index in [-0.39, 0.29) is 11.3 Å². The highest BCUT2D eigenvalue weighted by Crippen LogP contribution is 2.50. The van der Waals surface area contributed by atoms with Crippen molar-refractivity contribution >= 4 is 29.0 Å². The fraction of sp³-hybridized carbons (Fsp3) is 0.471. The molecule has 0 spiro atoms. The lowest BCUT2D eigenvalue weighted by atomic mass is 9.74. The summed E-state index contributed by atoms with van der Waals surface area (Å²) in [6.07, 6.45) is 4.93. The molecular weight excluding hydrogens is 340 g/mol. The van der Waals surface area contributed by atoms with Crippen LogP contribution in [0, 0.1) is 5.41 Å². The molecule has 1 amide bonds. The number of thioether (sulfide) groups is 1. The number of nitrogens with zero attached hydrogens (tertiary/aromatic N) is 2. The number of amides is 1. The van der Waals surface area contributed by atoms with Crippen molar-refractivity contribution in [2.45, 2.75) is 49.4 Å². The Labute approximate surface area is 149 Å². The van der Waals surface area contributed by atoms with Gasteiger partial charge in [0, 0.05) is 23.0 Å². The van der Waals surface area contributed by atoms with Crippen LogP contribution < -0.4 is 11.5 Å². The van der Waals surface area contributed by atoms with Gasteiger partial charge in [-0.05, 0) is 30.2 Å². The van der Waals surface area contributed by atoms with Crippen LogP contribution in [0.1, 0.15) is 43.1 Å². The summed E-state index contributed by atoms with van der Waals surface area (Å²) in [5.41, 5.74) is 18.6. The number of rotatable bonds is 2. The monoisotopic (exact) mass is 360 g/mol. The second-order valence-electron chi connectivity index (χ2n) is 7.30. The summed E-state index contributed by atoms with van der Waals surface area (Å²) in [7, 11) is 0. The summed E-state index contributed by atoms with van der Waals surface area (Å²) in [6, 6.07) is -0.410. The second-order valence-corrected chi connectivity index (χ2v) is 9.32. The first-order valence-corrected chi connectivity index (χ1v) is 9.79. The van der Waals surface area contributed by atoms with E-state index in [9.17, 15) is 4.79 Å². The van der Waals surface area contributed by atoms with Gasteiger partial charge in [0.05, 0.1) is 16.4 Å². The van der Waals surface area contributed by atoms with Crippen molar-refractivity contribution in [2.75, 3.05) is 0 Å². The molecule has 2 unspecified atom stereocenters. The molecule has 5 nitrogen and oxygen atoms in total. The molecule has 2 aromatic heterocycles. The fourth-order valence-corrected chi connectivity index (χ4v) is 5.56. The molecule has 4 rings (SSSR count). The van der Waals surface area contributed by atoms with Crippen molar-refractivity contribution in [2.24, 2.45) is 16.9 Å². The Morgan fingerprint density at radius 1 is 1.42 bits per heavy atom. The van der Waals surface area contributed by atoms with Crippen molar-refractivity contribution in [3.8, 4) is 10.4 Å². The van der Waals surface area contributed by atoms with E-state index in [0.29, 0.717) is 0 Å². The highest BCUT2D eigenvalue weighted by atomic mass is 32.2. The molecule has 24 heavy (non-hydrogen) atoms. The quantitative estimate of drug-likeness (QED) is 0.858. The van der Waals surface area contributed by atoms with Gasteiger partial charge in [-0.2, -0.15) is 0 Å². The molecule has 3 heterocycles. The maximum atomic E-state index is 11.8. The van der Waals surface area contributed by atoms with Gasteiger partial charge in [-0.25, -0.2) is 4.98 Å². The molecule has 0 aromatic carbocycles. The van der Waals surface area contributed by atoms with Crippen LogP contribution in [0.2, 0.25) is 0 Å². The van der Waals surface area contributed by atoms with Crippen molar-refractivity contribution in [1.29, 1.82) is 0 Å². The molecular formula is C17H20N4OS2. The largest absolute Gasteiger partial charge is 0.369 e. The average molecular weight is 361 g/mol. The van der Waals surface area contributed by atoms with Gasteiger partial charge in [0.1, 0.15) is 10.3 Å². The highest BCUT2D eigenvalue weighted by Gasteiger charge is 2.41. The first-order valence-electron chi connectivity index (χ1n) is 8.03. The Morgan fingerprint density at radius 2 is 2.21 bits per heavy atom. The van der Waals surface area contributed by atoms with Gasteiger partial charge in [0.15, 0.2) is 0 Å². The Morgan fingerprint density at radius 3 is 2.88 bits per heavy atom. The number of carbonyl (C=O) groups is 1. The van der Waals surface area contributed by atoms with E-state index in [4.69, 9.17) is 16.5 Å². The SMILES string of the molecule is CC1(C)CCc2c(nc3c(c2-c2cncs2)C(N)C(C(N)=O)S3)C1. The molecule has 2 aliphatic rings.